The van der Waals surface area contributed by atoms with Crippen molar-refractivity contribution in [2.75, 3.05) is 26.2 Å². The Morgan fingerprint density at radius 3 is 2.50 bits per heavy atom. The van der Waals surface area contributed by atoms with Crippen molar-refractivity contribution < 1.29 is 4.92 Å². The van der Waals surface area contributed by atoms with Crippen LogP contribution in [0, 0.1) is 10.1 Å². The molecule has 1 saturated heterocycles. The van der Waals surface area contributed by atoms with Crippen molar-refractivity contribution in [3.8, 4) is 0 Å². The highest BCUT2D eigenvalue weighted by atomic mass is 16.6. The van der Waals surface area contributed by atoms with Gasteiger partial charge in [0, 0.05) is 50.4 Å². The number of hydrogen-bond donors (Lipinski definition) is 0. The topological polar surface area (TPSA) is 49.6 Å². The minimum absolute atomic E-state index is 0.233. The predicted octanol–water partition coefficient (Wildman–Crippen LogP) is 2.51. The maximum atomic E-state index is 11.0. The van der Waals surface area contributed by atoms with Crippen molar-refractivity contribution in [1.82, 2.24) is 9.80 Å². The summed E-state index contributed by atoms with van der Waals surface area (Å²) in [6.45, 7) is 9.21. The van der Waals surface area contributed by atoms with Gasteiger partial charge in [-0.1, -0.05) is 25.1 Å². The summed E-state index contributed by atoms with van der Waals surface area (Å²) in [4.78, 5) is 15.5. The molecular formula is C15H23N3O2. The molecule has 0 saturated carbocycles. The molecule has 2 rings (SSSR count). The van der Waals surface area contributed by atoms with Crippen LogP contribution < -0.4 is 0 Å². The molecule has 1 aliphatic heterocycles. The van der Waals surface area contributed by atoms with E-state index >= 15 is 0 Å². The van der Waals surface area contributed by atoms with Gasteiger partial charge in [0.25, 0.3) is 5.69 Å². The molecule has 20 heavy (non-hydrogen) atoms. The van der Waals surface area contributed by atoms with Crippen LogP contribution >= 0.6 is 0 Å². The Balaban J connectivity index is 1.95. The Kier molecular flexibility index (Phi) is 5.09. The number of rotatable bonds is 5. The summed E-state index contributed by atoms with van der Waals surface area (Å²) in [6.07, 6.45) is 1.17. The first-order chi connectivity index (χ1) is 9.61. The largest absolute Gasteiger partial charge is 0.298 e. The van der Waals surface area contributed by atoms with Crippen molar-refractivity contribution in [2.24, 2.45) is 0 Å². The van der Waals surface area contributed by atoms with Crippen LogP contribution in [0.3, 0.4) is 0 Å². The molecule has 0 radical (unpaired) electrons. The first-order valence-electron chi connectivity index (χ1n) is 7.30. The van der Waals surface area contributed by atoms with Crippen LogP contribution in [0.25, 0.3) is 0 Å². The van der Waals surface area contributed by atoms with Gasteiger partial charge in [0.05, 0.1) is 4.92 Å². The Hall–Kier alpha value is -1.46. The molecule has 0 aliphatic carbocycles. The number of para-hydroxylation sites is 1. The van der Waals surface area contributed by atoms with Crippen molar-refractivity contribution in [3.63, 3.8) is 0 Å². The molecular weight excluding hydrogens is 254 g/mol. The fraction of sp³-hybridized carbons (Fsp3) is 0.600. The normalized spacial score (nSPS) is 18.9. The van der Waals surface area contributed by atoms with E-state index in [1.54, 1.807) is 12.1 Å². The van der Waals surface area contributed by atoms with Gasteiger partial charge >= 0.3 is 0 Å². The third kappa shape index (κ3) is 3.55. The first kappa shape index (κ1) is 14.9. The minimum Gasteiger partial charge on any atom is -0.298 e. The van der Waals surface area contributed by atoms with Gasteiger partial charge in [-0.3, -0.25) is 19.9 Å². The second-order valence-electron chi connectivity index (χ2n) is 5.46. The Bertz CT molecular complexity index is 456. The fourth-order valence-electron chi connectivity index (χ4n) is 2.68. The number of hydrogen-bond acceptors (Lipinski definition) is 4. The van der Waals surface area contributed by atoms with Crippen LogP contribution in [-0.4, -0.2) is 46.9 Å². The summed E-state index contributed by atoms with van der Waals surface area (Å²) in [5.41, 5.74) is 1.05. The average Bonchev–Trinajstić information content (AvgIpc) is 2.47. The van der Waals surface area contributed by atoms with E-state index in [1.165, 1.54) is 6.42 Å². The number of benzene rings is 1. The van der Waals surface area contributed by atoms with Crippen LogP contribution in [0.1, 0.15) is 25.8 Å². The van der Waals surface area contributed by atoms with Gasteiger partial charge in [0.1, 0.15) is 0 Å². The van der Waals surface area contributed by atoms with Gasteiger partial charge in [-0.05, 0) is 13.3 Å². The molecule has 1 fully saturated rings. The molecule has 5 heteroatoms. The van der Waals surface area contributed by atoms with E-state index in [4.69, 9.17) is 0 Å². The highest BCUT2D eigenvalue weighted by molar-refractivity contribution is 5.39. The summed E-state index contributed by atoms with van der Waals surface area (Å²) in [5, 5.41) is 11.0. The van der Waals surface area contributed by atoms with Gasteiger partial charge in [0.15, 0.2) is 0 Å². The maximum Gasteiger partial charge on any atom is 0.273 e. The van der Waals surface area contributed by atoms with Gasteiger partial charge in [-0.2, -0.15) is 0 Å². The lowest BCUT2D eigenvalue weighted by Gasteiger charge is -2.37. The zero-order valence-corrected chi connectivity index (χ0v) is 12.3. The summed E-state index contributed by atoms with van der Waals surface area (Å²) < 4.78 is 0. The van der Waals surface area contributed by atoms with E-state index in [1.807, 2.05) is 12.1 Å². The lowest BCUT2D eigenvalue weighted by atomic mass is 10.1. The molecule has 1 heterocycles. The minimum atomic E-state index is -0.287. The Labute approximate surface area is 120 Å². The van der Waals surface area contributed by atoms with Gasteiger partial charge in [0.2, 0.25) is 0 Å². The third-order valence-electron chi connectivity index (χ3n) is 4.20. The highest BCUT2D eigenvalue weighted by Crippen LogP contribution is 2.20. The van der Waals surface area contributed by atoms with Crippen molar-refractivity contribution >= 4 is 5.69 Å². The third-order valence-corrected chi connectivity index (χ3v) is 4.20. The predicted molar refractivity (Wildman–Crippen MR) is 79.7 cm³/mol. The lowest BCUT2D eigenvalue weighted by Crippen LogP contribution is -2.49. The first-order valence-corrected chi connectivity index (χ1v) is 7.30. The zero-order valence-electron chi connectivity index (χ0n) is 12.3. The average molecular weight is 277 g/mol. The summed E-state index contributed by atoms with van der Waals surface area (Å²) in [7, 11) is 0. The molecule has 0 bridgehead atoms. The van der Waals surface area contributed by atoms with Crippen molar-refractivity contribution in [2.45, 2.75) is 32.9 Å². The smallest absolute Gasteiger partial charge is 0.273 e. The summed E-state index contributed by atoms with van der Waals surface area (Å²) >= 11 is 0. The molecule has 1 aliphatic rings. The molecule has 0 N–H and O–H groups in total. The van der Waals surface area contributed by atoms with Crippen molar-refractivity contribution in [3.05, 3.63) is 39.9 Å². The van der Waals surface area contributed by atoms with E-state index < -0.39 is 0 Å². The molecule has 0 amide bonds. The van der Waals surface area contributed by atoms with E-state index in [2.05, 4.69) is 23.6 Å². The number of nitro groups is 1. The number of nitrogens with zero attached hydrogens (tertiary/aromatic N) is 3. The van der Waals surface area contributed by atoms with E-state index in [0.717, 1.165) is 31.7 Å². The van der Waals surface area contributed by atoms with Gasteiger partial charge in [-0.25, -0.2) is 0 Å². The Morgan fingerprint density at radius 2 is 1.90 bits per heavy atom. The molecule has 1 aromatic carbocycles. The monoisotopic (exact) mass is 277 g/mol. The van der Waals surface area contributed by atoms with Crippen molar-refractivity contribution in [1.29, 1.82) is 0 Å². The van der Waals surface area contributed by atoms with E-state index in [-0.39, 0.29) is 10.6 Å². The number of nitro benzene ring substituents is 1. The van der Waals surface area contributed by atoms with Crippen LogP contribution in [0.5, 0.6) is 0 Å². The molecule has 1 atom stereocenters. The van der Waals surface area contributed by atoms with Crippen LogP contribution in [0.4, 0.5) is 5.69 Å². The molecule has 0 spiro atoms. The summed E-state index contributed by atoms with van der Waals surface area (Å²) in [6, 6.07) is 7.67. The summed E-state index contributed by atoms with van der Waals surface area (Å²) in [5.74, 6) is 0. The lowest BCUT2D eigenvalue weighted by molar-refractivity contribution is -0.385. The standard InChI is InChI=1S/C15H23N3O2/c1-3-13(2)17-10-8-16(9-11-17)12-14-6-4-5-7-15(14)18(19)20/h4-7,13H,3,8-12H2,1-2H3. The molecule has 5 nitrogen and oxygen atoms in total. The second kappa shape index (κ2) is 6.81. The van der Waals surface area contributed by atoms with Crippen LogP contribution in [0.2, 0.25) is 0 Å². The molecule has 0 aromatic heterocycles. The van der Waals surface area contributed by atoms with E-state index in [9.17, 15) is 10.1 Å². The Morgan fingerprint density at radius 1 is 1.25 bits per heavy atom. The highest BCUT2D eigenvalue weighted by Gasteiger charge is 2.22. The van der Waals surface area contributed by atoms with E-state index in [0.29, 0.717) is 12.6 Å². The zero-order chi connectivity index (χ0) is 14.5. The molecule has 110 valence electrons. The van der Waals surface area contributed by atoms with Crippen LogP contribution in [-0.2, 0) is 6.54 Å². The number of piperazine rings is 1. The molecule has 1 aromatic rings. The van der Waals surface area contributed by atoms with Gasteiger partial charge in [-0.15, -0.1) is 0 Å². The quantitative estimate of drug-likeness (QED) is 0.613. The second-order valence-corrected chi connectivity index (χ2v) is 5.46. The maximum absolute atomic E-state index is 11.0. The molecule has 1 unspecified atom stereocenters. The SMILES string of the molecule is CCC(C)N1CCN(Cc2ccccc2[N+](=O)[O-])CC1. The van der Waals surface area contributed by atoms with Crippen LogP contribution in [0.15, 0.2) is 24.3 Å². The van der Waals surface area contributed by atoms with Gasteiger partial charge < -0.3 is 0 Å². The fourth-order valence-corrected chi connectivity index (χ4v) is 2.68.